The summed E-state index contributed by atoms with van der Waals surface area (Å²) >= 11 is 0. The van der Waals surface area contributed by atoms with Crippen LogP contribution in [-0.2, 0) is 6.54 Å². The lowest BCUT2D eigenvalue weighted by Crippen LogP contribution is -2.43. The number of hydrogen-bond donors (Lipinski definition) is 2. The Kier molecular flexibility index (Phi) is 6.67. The Morgan fingerprint density at radius 1 is 1.38 bits per heavy atom. The molecule has 1 aliphatic rings. The molecule has 1 aliphatic heterocycles. The van der Waals surface area contributed by atoms with Crippen molar-refractivity contribution in [1.82, 2.24) is 20.0 Å². The molecule has 21 heavy (non-hydrogen) atoms. The Hall–Kier alpha value is -0.910. The number of nitrogens with zero attached hydrogens (tertiary/aromatic N) is 3. The number of rotatable bonds is 8. The van der Waals surface area contributed by atoms with Crippen molar-refractivity contribution in [3.05, 3.63) is 18.5 Å². The van der Waals surface area contributed by atoms with Crippen LogP contribution in [0.3, 0.4) is 0 Å². The smallest absolute Gasteiger partial charge is 0.0791 e. The minimum absolute atomic E-state index is 0.273. The number of β-amino-alcohol motifs (C(OH)–C–C–N with tert-alkyl or cyclic N) is 1. The number of aliphatic hydroxyl groups is 1. The maximum absolute atomic E-state index is 10.1. The van der Waals surface area contributed by atoms with E-state index in [1.54, 1.807) is 6.20 Å². The second-order valence-electron chi connectivity index (χ2n) is 6.50. The van der Waals surface area contributed by atoms with Gasteiger partial charge in [0.1, 0.15) is 0 Å². The van der Waals surface area contributed by atoms with Gasteiger partial charge in [0.05, 0.1) is 6.10 Å². The van der Waals surface area contributed by atoms with Gasteiger partial charge in [-0.3, -0.25) is 4.68 Å². The van der Waals surface area contributed by atoms with Crippen LogP contribution in [0, 0.1) is 5.92 Å². The van der Waals surface area contributed by atoms with Gasteiger partial charge < -0.3 is 15.3 Å². The number of aliphatic hydroxyl groups excluding tert-OH is 1. The van der Waals surface area contributed by atoms with E-state index in [9.17, 15) is 5.11 Å². The van der Waals surface area contributed by atoms with Gasteiger partial charge in [-0.1, -0.05) is 6.92 Å². The number of aryl methyl sites for hydroxylation is 1. The highest BCUT2D eigenvalue weighted by Gasteiger charge is 2.18. The summed E-state index contributed by atoms with van der Waals surface area (Å²) in [6.45, 7) is 9.13. The van der Waals surface area contributed by atoms with Crippen LogP contribution in [0.25, 0.3) is 0 Å². The molecule has 1 saturated heterocycles. The van der Waals surface area contributed by atoms with E-state index in [0.29, 0.717) is 12.6 Å². The number of nitrogens with one attached hydrogen (secondary N) is 1. The molecular weight excluding hydrogens is 264 g/mol. The van der Waals surface area contributed by atoms with Gasteiger partial charge in [-0.2, -0.15) is 5.10 Å². The molecule has 0 spiro atoms. The van der Waals surface area contributed by atoms with Crippen molar-refractivity contribution in [3.8, 4) is 0 Å². The third kappa shape index (κ3) is 6.16. The standard InChI is InChI=1S/C16H30N4O/c1-14-4-9-19(10-5-14)13-16(21)12-17-15(2)6-11-20-8-3-7-18-20/h3,7-8,14-17,21H,4-6,9-13H2,1-2H3. The fourth-order valence-corrected chi connectivity index (χ4v) is 2.81. The zero-order valence-electron chi connectivity index (χ0n) is 13.4. The molecule has 0 bridgehead atoms. The number of hydrogen-bond acceptors (Lipinski definition) is 4. The molecule has 5 heteroatoms. The molecule has 0 saturated carbocycles. The summed E-state index contributed by atoms with van der Waals surface area (Å²) in [5.74, 6) is 0.846. The van der Waals surface area contributed by atoms with E-state index in [4.69, 9.17) is 0 Å². The van der Waals surface area contributed by atoms with Gasteiger partial charge in [0, 0.05) is 38.1 Å². The summed E-state index contributed by atoms with van der Waals surface area (Å²) < 4.78 is 1.95. The van der Waals surface area contributed by atoms with E-state index in [0.717, 1.165) is 38.5 Å². The van der Waals surface area contributed by atoms with Gasteiger partial charge in [-0.25, -0.2) is 0 Å². The third-order valence-corrected chi connectivity index (χ3v) is 4.40. The highest BCUT2D eigenvalue weighted by molar-refractivity contribution is 4.78. The molecule has 2 atom stereocenters. The monoisotopic (exact) mass is 294 g/mol. The molecule has 2 heterocycles. The predicted molar refractivity (Wildman–Crippen MR) is 85.2 cm³/mol. The first-order valence-corrected chi connectivity index (χ1v) is 8.24. The van der Waals surface area contributed by atoms with Crippen LogP contribution in [0.4, 0.5) is 0 Å². The molecule has 0 aromatic carbocycles. The minimum Gasteiger partial charge on any atom is -0.390 e. The molecule has 1 aromatic rings. The average Bonchev–Trinajstić information content (AvgIpc) is 2.99. The van der Waals surface area contributed by atoms with Crippen LogP contribution in [0.5, 0.6) is 0 Å². The molecule has 0 radical (unpaired) electrons. The summed E-state index contributed by atoms with van der Waals surface area (Å²) in [6.07, 6.45) is 7.07. The fraction of sp³-hybridized carbons (Fsp3) is 0.812. The molecule has 5 nitrogen and oxygen atoms in total. The van der Waals surface area contributed by atoms with Crippen molar-refractivity contribution in [2.24, 2.45) is 5.92 Å². The fourth-order valence-electron chi connectivity index (χ4n) is 2.81. The largest absolute Gasteiger partial charge is 0.390 e. The molecule has 2 N–H and O–H groups in total. The number of aromatic nitrogens is 2. The van der Waals surface area contributed by atoms with Crippen LogP contribution >= 0.6 is 0 Å². The Morgan fingerprint density at radius 3 is 2.81 bits per heavy atom. The number of piperidine rings is 1. The predicted octanol–water partition coefficient (Wildman–Crippen LogP) is 1.34. The first-order valence-electron chi connectivity index (χ1n) is 8.24. The van der Waals surface area contributed by atoms with Crippen LogP contribution in [0.15, 0.2) is 18.5 Å². The van der Waals surface area contributed by atoms with Crippen LogP contribution in [-0.4, -0.2) is 58.1 Å². The number of likely N-dealkylation sites (tertiary alicyclic amines) is 1. The van der Waals surface area contributed by atoms with Gasteiger partial charge in [-0.05, 0) is 51.3 Å². The lowest BCUT2D eigenvalue weighted by atomic mass is 9.99. The molecular formula is C16H30N4O. The summed E-state index contributed by atoms with van der Waals surface area (Å²) in [5.41, 5.74) is 0. The van der Waals surface area contributed by atoms with Crippen LogP contribution in [0.2, 0.25) is 0 Å². The van der Waals surface area contributed by atoms with E-state index in [1.807, 2.05) is 16.9 Å². The van der Waals surface area contributed by atoms with Crippen molar-refractivity contribution >= 4 is 0 Å². The zero-order chi connectivity index (χ0) is 15.1. The molecule has 1 aromatic heterocycles. The molecule has 2 rings (SSSR count). The maximum atomic E-state index is 10.1. The van der Waals surface area contributed by atoms with Crippen molar-refractivity contribution in [3.63, 3.8) is 0 Å². The lowest BCUT2D eigenvalue weighted by molar-refractivity contribution is 0.0888. The van der Waals surface area contributed by atoms with Gasteiger partial charge in [-0.15, -0.1) is 0 Å². The topological polar surface area (TPSA) is 53.3 Å². The Labute approximate surface area is 128 Å². The van der Waals surface area contributed by atoms with Gasteiger partial charge in [0.25, 0.3) is 0 Å². The minimum atomic E-state index is -0.273. The zero-order valence-corrected chi connectivity index (χ0v) is 13.4. The Morgan fingerprint density at radius 2 is 2.14 bits per heavy atom. The van der Waals surface area contributed by atoms with Crippen molar-refractivity contribution in [2.75, 3.05) is 26.2 Å². The summed E-state index contributed by atoms with van der Waals surface area (Å²) in [6, 6.07) is 2.34. The summed E-state index contributed by atoms with van der Waals surface area (Å²) in [7, 11) is 0. The van der Waals surface area contributed by atoms with Crippen molar-refractivity contribution in [1.29, 1.82) is 0 Å². The SMILES string of the molecule is CC1CCN(CC(O)CNC(C)CCn2cccn2)CC1. The van der Waals surface area contributed by atoms with E-state index in [1.165, 1.54) is 12.8 Å². The second kappa shape index (κ2) is 8.51. The van der Waals surface area contributed by atoms with E-state index >= 15 is 0 Å². The van der Waals surface area contributed by atoms with E-state index in [-0.39, 0.29) is 6.10 Å². The van der Waals surface area contributed by atoms with Gasteiger partial charge in [0.2, 0.25) is 0 Å². The van der Waals surface area contributed by atoms with Crippen molar-refractivity contribution in [2.45, 2.75) is 51.8 Å². The van der Waals surface area contributed by atoms with E-state index < -0.39 is 0 Å². The quantitative estimate of drug-likeness (QED) is 0.760. The average molecular weight is 294 g/mol. The highest BCUT2D eigenvalue weighted by Crippen LogP contribution is 2.15. The lowest BCUT2D eigenvalue weighted by Gasteiger charge is -2.32. The second-order valence-corrected chi connectivity index (χ2v) is 6.50. The molecule has 0 aliphatic carbocycles. The van der Waals surface area contributed by atoms with Crippen LogP contribution < -0.4 is 5.32 Å². The molecule has 1 fully saturated rings. The van der Waals surface area contributed by atoms with E-state index in [2.05, 4.69) is 29.2 Å². The van der Waals surface area contributed by atoms with Gasteiger partial charge >= 0.3 is 0 Å². The molecule has 2 unspecified atom stereocenters. The Balaban J connectivity index is 1.56. The third-order valence-electron chi connectivity index (χ3n) is 4.40. The summed E-state index contributed by atoms with van der Waals surface area (Å²) in [5, 5.41) is 17.8. The highest BCUT2D eigenvalue weighted by atomic mass is 16.3. The van der Waals surface area contributed by atoms with Crippen molar-refractivity contribution < 1.29 is 5.11 Å². The Bertz CT molecular complexity index is 374. The van der Waals surface area contributed by atoms with Gasteiger partial charge in [0.15, 0.2) is 0 Å². The normalized spacial score (nSPS) is 20.5. The first-order chi connectivity index (χ1) is 10.1. The summed E-state index contributed by atoms with van der Waals surface area (Å²) in [4.78, 5) is 2.39. The molecule has 120 valence electrons. The first kappa shape index (κ1) is 16.5. The maximum Gasteiger partial charge on any atom is 0.0791 e. The molecule has 0 amide bonds. The van der Waals surface area contributed by atoms with Crippen LogP contribution in [0.1, 0.15) is 33.1 Å².